The van der Waals surface area contributed by atoms with E-state index < -0.39 is 17.6 Å². The fourth-order valence-corrected chi connectivity index (χ4v) is 5.12. The number of nitrogens with one attached hydrogen (secondary N) is 1. The van der Waals surface area contributed by atoms with E-state index in [1.54, 1.807) is 12.1 Å². The number of carbonyl (C=O) groups is 2. The number of rotatable bonds is 5. The van der Waals surface area contributed by atoms with Crippen molar-refractivity contribution in [1.82, 2.24) is 5.32 Å². The second kappa shape index (κ2) is 7.65. The van der Waals surface area contributed by atoms with Gasteiger partial charge in [-0.2, -0.15) is 0 Å². The van der Waals surface area contributed by atoms with Crippen molar-refractivity contribution in [3.63, 3.8) is 0 Å². The highest BCUT2D eigenvalue weighted by Gasteiger charge is 2.39. The predicted octanol–water partition coefficient (Wildman–Crippen LogP) is 5.35. The van der Waals surface area contributed by atoms with Crippen molar-refractivity contribution in [2.45, 2.75) is 18.4 Å². The molecule has 4 rings (SSSR count). The van der Waals surface area contributed by atoms with Gasteiger partial charge in [-0.3, -0.25) is 0 Å². The summed E-state index contributed by atoms with van der Waals surface area (Å²) in [6, 6.07) is 19.5. The monoisotopic (exact) mass is 471 g/mol. The molecule has 148 valence electrons. The molecule has 0 aliphatic heterocycles. The fraction of sp³-hybridized carbons (Fsp3) is 0.182. The lowest BCUT2D eigenvalue weighted by molar-refractivity contribution is -0.144. The molecule has 1 heterocycles. The molecular formula is C22H18BrNO4S. The summed E-state index contributed by atoms with van der Waals surface area (Å²) in [6.07, 6.45) is -0.763. The van der Waals surface area contributed by atoms with E-state index in [0.717, 1.165) is 26.0 Å². The minimum Gasteiger partial charge on any atom is -0.479 e. The summed E-state index contributed by atoms with van der Waals surface area (Å²) in [6.45, 7) is 1.58. The van der Waals surface area contributed by atoms with E-state index in [1.165, 1.54) is 18.3 Å². The molecule has 7 heteroatoms. The molecule has 0 radical (unpaired) electrons. The zero-order valence-electron chi connectivity index (χ0n) is 15.5. The summed E-state index contributed by atoms with van der Waals surface area (Å²) in [5.41, 5.74) is 2.90. The number of carboxylic acids is 1. The van der Waals surface area contributed by atoms with Gasteiger partial charge in [-0.05, 0) is 57.2 Å². The van der Waals surface area contributed by atoms with Gasteiger partial charge in [0, 0.05) is 10.8 Å². The third kappa shape index (κ3) is 3.56. The number of alkyl carbamates (subject to hydrolysis) is 1. The van der Waals surface area contributed by atoms with Gasteiger partial charge < -0.3 is 15.2 Å². The quantitative estimate of drug-likeness (QED) is 0.525. The number of carboxylic acid groups (broad SMARTS) is 1. The van der Waals surface area contributed by atoms with Crippen LogP contribution in [-0.4, -0.2) is 23.8 Å². The van der Waals surface area contributed by atoms with Gasteiger partial charge in [-0.1, -0.05) is 48.5 Å². The molecule has 1 aliphatic rings. The molecular weight excluding hydrogens is 454 g/mol. The van der Waals surface area contributed by atoms with Crippen molar-refractivity contribution in [1.29, 1.82) is 0 Å². The minimum absolute atomic E-state index is 0.0832. The normalized spacial score (nSPS) is 14.6. The number of hydrogen-bond acceptors (Lipinski definition) is 4. The molecule has 1 atom stereocenters. The van der Waals surface area contributed by atoms with E-state index in [9.17, 15) is 14.7 Å². The Balaban J connectivity index is 1.52. The van der Waals surface area contributed by atoms with E-state index in [0.29, 0.717) is 4.88 Å². The van der Waals surface area contributed by atoms with E-state index in [4.69, 9.17) is 4.74 Å². The van der Waals surface area contributed by atoms with Gasteiger partial charge in [-0.15, -0.1) is 11.3 Å². The van der Waals surface area contributed by atoms with Crippen LogP contribution in [0.3, 0.4) is 0 Å². The lowest BCUT2D eigenvalue weighted by Crippen LogP contribution is -2.49. The van der Waals surface area contributed by atoms with Crippen LogP contribution in [0.2, 0.25) is 0 Å². The number of hydrogen-bond donors (Lipinski definition) is 2. The second-order valence-electron chi connectivity index (χ2n) is 6.98. The second-order valence-corrected chi connectivity index (χ2v) is 9.45. The van der Waals surface area contributed by atoms with Gasteiger partial charge in [0.1, 0.15) is 6.61 Å². The van der Waals surface area contributed by atoms with Crippen LogP contribution in [0.1, 0.15) is 28.8 Å². The van der Waals surface area contributed by atoms with Gasteiger partial charge in [0.25, 0.3) is 0 Å². The van der Waals surface area contributed by atoms with E-state index in [-0.39, 0.29) is 12.5 Å². The Labute approximate surface area is 180 Å². The first kappa shape index (κ1) is 19.7. The van der Waals surface area contributed by atoms with Crippen LogP contribution in [0.15, 0.2) is 64.5 Å². The van der Waals surface area contributed by atoms with Crippen LogP contribution in [0.4, 0.5) is 4.79 Å². The maximum Gasteiger partial charge on any atom is 0.408 e. The summed E-state index contributed by atoms with van der Waals surface area (Å²) in [5.74, 6) is -1.24. The topological polar surface area (TPSA) is 75.6 Å². The van der Waals surface area contributed by atoms with Gasteiger partial charge in [0.05, 0.1) is 3.79 Å². The lowest BCUT2D eigenvalue weighted by atomic mass is 9.98. The summed E-state index contributed by atoms with van der Waals surface area (Å²) < 4.78 is 6.28. The smallest absolute Gasteiger partial charge is 0.408 e. The van der Waals surface area contributed by atoms with Crippen molar-refractivity contribution >= 4 is 39.3 Å². The maximum atomic E-state index is 12.5. The maximum absolute atomic E-state index is 12.5. The van der Waals surface area contributed by atoms with Crippen LogP contribution in [0.25, 0.3) is 11.1 Å². The average Bonchev–Trinajstić information content (AvgIpc) is 3.28. The highest BCUT2D eigenvalue weighted by atomic mass is 79.9. The molecule has 0 saturated carbocycles. The Morgan fingerprint density at radius 2 is 1.66 bits per heavy atom. The Hall–Kier alpha value is -2.64. The summed E-state index contributed by atoms with van der Waals surface area (Å²) in [5, 5.41) is 12.2. The van der Waals surface area contributed by atoms with Crippen molar-refractivity contribution in [2.75, 3.05) is 6.61 Å². The van der Waals surface area contributed by atoms with Gasteiger partial charge >= 0.3 is 12.1 Å². The number of halogens is 1. The molecule has 1 amide bonds. The number of benzene rings is 2. The largest absolute Gasteiger partial charge is 0.479 e. The summed E-state index contributed by atoms with van der Waals surface area (Å²) in [4.78, 5) is 24.9. The number of ether oxygens (including phenoxy) is 1. The first-order chi connectivity index (χ1) is 13.9. The zero-order chi connectivity index (χ0) is 20.6. The Kier molecular flexibility index (Phi) is 5.19. The third-order valence-electron chi connectivity index (χ3n) is 5.19. The van der Waals surface area contributed by atoms with Gasteiger partial charge in [-0.25, -0.2) is 9.59 Å². The Morgan fingerprint density at radius 3 is 2.17 bits per heavy atom. The summed E-state index contributed by atoms with van der Waals surface area (Å²) >= 11 is 4.58. The molecule has 5 nitrogen and oxygen atoms in total. The molecule has 2 N–H and O–H groups in total. The molecule has 1 aliphatic carbocycles. The molecule has 0 bridgehead atoms. The Bertz CT molecular complexity index is 1050. The molecule has 0 unspecified atom stereocenters. The first-order valence-corrected chi connectivity index (χ1v) is 10.6. The van der Waals surface area contributed by atoms with Crippen molar-refractivity contribution in [2.24, 2.45) is 0 Å². The van der Waals surface area contributed by atoms with E-state index in [2.05, 4.69) is 33.4 Å². The molecule has 29 heavy (non-hydrogen) atoms. The van der Waals surface area contributed by atoms with Crippen molar-refractivity contribution < 1.29 is 19.4 Å². The fourth-order valence-electron chi connectivity index (χ4n) is 3.64. The van der Waals surface area contributed by atoms with Crippen LogP contribution >= 0.6 is 27.3 Å². The average molecular weight is 472 g/mol. The molecule has 3 aromatic rings. The van der Waals surface area contributed by atoms with E-state index >= 15 is 0 Å². The molecule has 0 fully saturated rings. The number of fused-ring (bicyclic) bond motifs is 3. The van der Waals surface area contributed by atoms with Crippen molar-refractivity contribution in [3.05, 3.63) is 80.5 Å². The number of thiophene rings is 1. The van der Waals surface area contributed by atoms with Gasteiger partial charge in [0.15, 0.2) is 5.54 Å². The highest BCUT2D eigenvalue weighted by Crippen LogP contribution is 2.44. The van der Waals surface area contributed by atoms with Crippen LogP contribution in [0.5, 0.6) is 0 Å². The number of amides is 1. The zero-order valence-corrected chi connectivity index (χ0v) is 17.9. The number of aliphatic carboxylic acids is 1. The standard InChI is InChI=1S/C22H18BrNO4S/c1-22(20(25)26,18-10-11-19(23)29-18)24-21(27)28-12-17-15-8-4-2-6-13(15)14-7-3-5-9-16(14)17/h2-11,17H,12H2,1H3,(H,24,27)(H,25,26)/t22-/m0/s1. The van der Waals surface area contributed by atoms with Crippen LogP contribution in [-0.2, 0) is 15.1 Å². The number of carbonyl (C=O) groups excluding carboxylic acids is 1. The van der Waals surface area contributed by atoms with Gasteiger partial charge in [0.2, 0.25) is 0 Å². The van der Waals surface area contributed by atoms with Crippen LogP contribution < -0.4 is 5.32 Å². The Morgan fingerprint density at radius 1 is 1.07 bits per heavy atom. The van der Waals surface area contributed by atoms with Crippen LogP contribution in [0, 0.1) is 0 Å². The predicted molar refractivity (Wildman–Crippen MR) is 115 cm³/mol. The SMILES string of the molecule is C[C@@](NC(=O)OCC1c2ccccc2-c2ccccc21)(C(=O)O)c1ccc(Br)s1. The molecule has 1 aromatic heterocycles. The molecule has 2 aromatic carbocycles. The van der Waals surface area contributed by atoms with E-state index in [1.807, 2.05) is 36.4 Å². The molecule has 0 spiro atoms. The molecule has 0 saturated heterocycles. The minimum atomic E-state index is -1.57. The third-order valence-corrected chi connectivity index (χ3v) is 7.03. The lowest BCUT2D eigenvalue weighted by Gasteiger charge is -2.25. The first-order valence-electron chi connectivity index (χ1n) is 9.02. The highest BCUT2D eigenvalue weighted by molar-refractivity contribution is 9.11. The van der Waals surface area contributed by atoms with Crippen molar-refractivity contribution in [3.8, 4) is 11.1 Å². The summed E-state index contributed by atoms with van der Waals surface area (Å²) in [7, 11) is 0.